The summed E-state index contributed by atoms with van der Waals surface area (Å²) in [5.41, 5.74) is 9.21. The molecule has 0 amide bonds. The minimum atomic E-state index is -0.232. The number of aryl methyl sites for hydroxylation is 1. The highest BCUT2D eigenvalue weighted by molar-refractivity contribution is 7.18. The first-order valence-electron chi connectivity index (χ1n) is 6.23. The zero-order valence-corrected chi connectivity index (χ0v) is 11.7. The normalized spacial score (nSPS) is 10.7. The van der Waals surface area contributed by atoms with E-state index in [1.54, 1.807) is 17.4 Å². The highest BCUT2D eigenvalue weighted by atomic mass is 32.1. The Morgan fingerprint density at radius 2 is 1.80 bits per heavy atom. The lowest BCUT2D eigenvalue weighted by Crippen LogP contribution is -1.83. The molecule has 0 atom stereocenters. The second kappa shape index (κ2) is 5.06. The molecule has 0 bridgehead atoms. The van der Waals surface area contributed by atoms with Gasteiger partial charge in [-0.15, -0.1) is 11.3 Å². The van der Waals surface area contributed by atoms with Crippen molar-refractivity contribution in [2.24, 2.45) is 0 Å². The molecular weight excluding hydrogens is 271 g/mol. The van der Waals surface area contributed by atoms with Gasteiger partial charge >= 0.3 is 0 Å². The van der Waals surface area contributed by atoms with Crippen molar-refractivity contribution >= 4 is 17.0 Å². The van der Waals surface area contributed by atoms with Crippen LogP contribution in [0.15, 0.2) is 48.5 Å². The maximum absolute atomic E-state index is 13.3. The van der Waals surface area contributed by atoms with Crippen molar-refractivity contribution in [2.75, 3.05) is 5.73 Å². The molecule has 3 aromatic rings. The summed E-state index contributed by atoms with van der Waals surface area (Å²) in [5, 5.41) is 0.918. The molecule has 0 radical (unpaired) electrons. The Bertz CT molecular complexity index is 747. The van der Waals surface area contributed by atoms with Gasteiger partial charge in [-0.05, 0) is 48.9 Å². The van der Waals surface area contributed by atoms with E-state index in [9.17, 15) is 4.39 Å². The highest BCUT2D eigenvalue weighted by Crippen LogP contribution is 2.35. The fraction of sp³-hybridized carbons (Fsp3) is 0.0625. The third kappa shape index (κ3) is 2.42. The number of nitrogens with two attached hydrogens (primary N) is 1. The van der Waals surface area contributed by atoms with Crippen LogP contribution in [-0.2, 0) is 0 Å². The molecular formula is C16H13FN2S. The van der Waals surface area contributed by atoms with Crippen LogP contribution in [0.5, 0.6) is 0 Å². The summed E-state index contributed by atoms with van der Waals surface area (Å²) >= 11 is 1.56. The van der Waals surface area contributed by atoms with E-state index in [2.05, 4.69) is 4.98 Å². The first kappa shape index (κ1) is 12.8. The number of hydrogen-bond donors (Lipinski definition) is 1. The van der Waals surface area contributed by atoms with Crippen LogP contribution in [0.4, 0.5) is 10.1 Å². The summed E-state index contributed by atoms with van der Waals surface area (Å²) in [6.45, 7) is 1.94. The van der Waals surface area contributed by atoms with Crippen molar-refractivity contribution in [2.45, 2.75) is 6.92 Å². The van der Waals surface area contributed by atoms with E-state index in [1.165, 1.54) is 12.1 Å². The van der Waals surface area contributed by atoms with Crippen LogP contribution in [0.3, 0.4) is 0 Å². The number of hydrogen-bond acceptors (Lipinski definition) is 3. The molecule has 0 spiro atoms. The monoisotopic (exact) mass is 284 g/mol. The molecule has 0 aliphatic rings. The molecule has 100 valence electrons. The van der Waals surface area contributed by atoms with Crippen LogP contribution in [-0.4, -0.2) is 4.98 Å². The number of anilines is 1. The van der Waals surface area contributed by atoms with Gasteiger partial charge < -0.3 is 5.73 Å². The number of thiazole rings is 1. The summed E-state index contributed by atoms with van der Waals surface area (Å²) in [7, 11) is 0. The molecule has 0 saturated carbocycles. The Balaban J connectivity index is 2.05. The molecule has 1 aromatic heterocycles. The molecule has 4 heteroatoms. The topological polar surface area (TPSA) is 38.9 Å². The van der Waals surface area contributed by atoms with Crippen molar-refractivity contribution in [1.29, 1.82) is 0 Å². The zero-order chi connectivity index (χ0) is 14.1. The Kier molecular flexibility index (Phi) is 3.24. The average molecular weight is 284 g/mol. The third-order valence-corrected chi connectivity index (χ3v) is 4.30. The van der Waals surface area contributed by atoms with E-state index in [4.69, 9.17) is 5.73 Å². The smallest absolute Gasteiger partial charge is 0.124 e. The molecule has 2 aromatic carbocycles. The predicted octanol–water partition coefficient (Wildman–Crippen LogP) is 4.51. The number of aromatic nitrogens is 1. The van der Waals surface area contributed by atoms with Crippen molar-refractivity contribution in [1.82, 2.24) is 4.98 Å². The Morgan fingerprint density at radius 1 is 1.05 bits per heavy atom. The summed E-state index contributed by atoms with van der Waals surface area (Å²) in [6.07, 6.45) is 0. The van der Waals surface area contributed by atoms with E-state index in [0.29, 0.717) is 0 Å². The van der Waals surface area contributed by atoms with Crippen LogP contribution in [0.25, 0.3) is 21.0 Å². The van der Waals surface area contributed by atoms with Gasteiger partial charge in [0.05, 0.1) is 10.6 Å². The van der Waals surface area contributed by atoms with Gasteiger partial charge in [0.2, 0.25) is 0 Å². The maximum Gasteiger partial charge on any atom is 0.124 e. The van der Waals surface area contributed by atoms with Crippen LogP contribution in [0.1, 0.15) is 5.69 Å². The maximum atomic E-state index is 13.3. The molecule has 1 heterocycles. The van der Waals surface area contributed by atoms with Gasteiger partial charge in [-0.3, -0.25) is 0 Å². The fourth-order valence-electron chi connectivity index (χ4n) is 2.04. The van der Waals surface area contributed by atoms with Crippen LogP contribution in [0.2, 0.25) is 0 Å². The van der Waals surface area contributed by atoms with Crippen molar-refractivity contribution in [3.63, 3.8) is 0 Å². The van der Waals surface area contributed by atoms with Crippen molar-refractivity contribution in [3.8, 4) is 21.0 Å². The van der Waals surface area contributed by atoms with Gasteiger partial charge in [-0.25, -0.2) is 9.37 Å². The van der Waals surface area contributed by atoms with Gasteiger partial charge in [0, 0.05) is 11.3 Å². The molecule has 0 saturated heterocycles. The lowest BCUT2D eigenvalue weighted by atomic mass is 10.1. The molecule has 2 N–H and O–H groups in total. The Labute approximate surface area is 120 Å². The zero-order valence-electron chi connectivity index (χ0n) is 10.9. The SMILES string of the molecule is Cc1nc(-c2ccc(N)cc2)sc1-c1cccc(F)c1. The van der Waals surface area contributed by atoms with Gasteiger partial charge in [-0.1, -0.05) is 12.1 Å². The highest BCUT2D eigenvalue weighted by Gasteiger charge is 2.11. The number of nitrogens with zero attached hydrogens (tertiary/aromatic N) is 1. The number of benzene rings is 2. The van der Waals surface area contributed by atoms with Gasteiger partial charge in [-0.2, -0.15) is 0 Å². The van der Waals surface area contributed by atoms with E-state index in [1.807, 2.05) is 37.3 Å². The van der Waals surface area contributed by atoms with Gasteiger partial charge in [0.15, 0.2) is 0 Å². The molecule has 0 aliphatic carbocycles. The molecule has 0 fully saturated rings. The van der Waals surface area contributed by atoms with Gasteiger partial charge in [0.1, 0.15) is 10.8 Å². The first-order chi connectivity index (χ1) is 9.63. The number of nitrogen functional groups attached to an aromatic ring is 1. The molecule has 3 rings (SSSR count). The van der Waals surface area contributed by atoms with E-state index >= 15 is 0 Å². The standard InChI is InChI=1S/C16H13FN2S/c1-10-15(12-3-2-4-13(17)9-12)20-16(19-10)11-5-7-14(18)8-6-11/h2-9H,18H2,1H3. The molecule has 0 aliphatic heterocycles. The third-order valence-electron chi connectivity index (χ3n) is 3.04. The van der Waals surface area contributed by atoms with Gasteiger partial charge in [0.25, 0.3) is 0 Å². The predicted molar refractivity (Wildman–Crippen MR) is 82.1 cm³/mol. The lowest BCUT2D eigenvalue weighted by Gasteiger charge is -1.98. The number of rotatable bonds is 2. The quantitative estimate of drug-likeness (QED) is 0.703. The average Bonchev–Trinajstić information content (AvgIpc) is 2.82. The molecule has 0 unspecified atom stereocenters. The van der Waals surface area contributed by atoms with Crippen molar-refractivity contribution in [3.05, 3.63) is 60.0 Å². The van der Waals surface area contributed by atoms with E-state index in [-0.39, 0.29) is 5.82 Å². The first-order valence-corrected chi connectivity index (χ1v) is 7.04. The van der Waals surface area contributed by atoms with E-state index in [0.717, 1.165) is 32.4 Å². The molecule has 2 nitrogen and oxygen atoms in total. The van der Waals surface area contributed by atoms with Crippen molar-refractivity contribution < 1.29 is 4.39 Å². The fourth-order valence-corrected chi connectivity index (χ4v) is 3.11. The number of halogens is 1. The largest absolute Gasteiger partial charge is 0.399 e. The van der Waals surface area contributed by atoms with Crippen LogP contribution >= 0.6 is 11.3 Å². The minimum absolute atomic E-state index is 0.232. The molecule has 20 heavy (non-hydrogen) atoms. The summed E-state index contributed by atoms with van der Waals surface area (Å²) < 4.78 is 13.3. The summed E-state index contributed by atoms with van der Waals surface area (Å²) in [6, 6.07) is 14.2. The van der Waals surface area contributed by atoms with Crippen LogP contribution in [0, 0.1) is 12.7 Å². The van der Waals surface area contributed by atoms with Crippen LogP contribution < -0.4 is 5.73 Å². The Morgan fingerprint density at radius 3 is 2.50 bits per heavy atom. The second-order valence-electron chi connectivity index (χ2n) is 4.57. The summed E-state index contributed by atoms with van der Waals surface area (Å²) in [5.74, 6) is -0.232. The Hall–Kier alpha value is -2.20. The summed E-state index contributed by atoms with van der Waals surface area (Å²) in [4.78, 5) is 5.57. The second-order valence-corrected chi connectivity index (χ2v) is 5.56. The minimum Gasteiger partial charge on any atom is -0.399 e. The van der Waals surface area contributed by atoms with E-state index < -0.39 is 0 Å². The lowest BCUT2D eigenvalue weighted by molar-refractivity contribution is 0.628.